The zero-order valence-electron chi connectivity index (χ0n) is 10.4. The van der Waals surface area contributed by atoms with Crippen LogP contribution in [0.2, 0.25) is 0 Å². The Labute approximate surface area is 121 Å². The highest BCUT2D eigenvalue weighted by molar-refractivity contribution is 7.12. The monoisotopic (exact) mass is 313 g/mol. The van der Waals surface area contributed by atoms with E-state index in [0.717, 1.165) is 29.5 Å². The molecule has 0 aliphatic heterocycles. The number of amides is 1. The van der Waals surface area contributed by atoms with Crippen LogP contribution in [0.25, 0.3) is 0 Å². The quantitative estimate of drug-likeness (QED) is 0.890. The number of carboxylic acids is 1. The predicted molar refractivity (Wildman–Crippen MR) is 71.8 cm³/mol. The van der Waals surface area contributed by atoms with Gasteiger partial charge >= 0.3 is 5.97 Å². The molecule has 5 nitrogen and oxygen atoms in total. The molecule has 2 N–H and O–H groups in total. The van der Waals surface area contributed by atoms with Crippen molar-refractivity contribution in [3.8, 4) is 5.75 Å². The van der Waals surface area contributed by atoms with Gasteiger partial charge in [0.25, 0.3) is 5.91 Å². The number of carbonyl (C=O) groups excluding carboxylic acids is 1. The number of hydrogen-bond acceptors (Lipinski definition) is 4. The van der Waals surface area contributed by atoms with Gasteiger partial charge in [-0.25, -0.2) is 13.6 Å². The lowest BCUT2D eigenvalue weighted by Crippen LogP contribution is -2.20. The van der Waals surface area contributed by atoms with Crippen molar-refractivity contribution in [3.05, 3.63) is 46.2 Å². The molecule has 1 amide bonds. The number of benzene rings is 1. The summed E-state index contributed by atoms with van der Waals surface area (Å²) in [6, 6.07) is 3.94. The Morgan fingerprint density at radius 3 is 2.71 bits per heavy atom. The molecule has 2 aromatic rings. The summed E-state index contributed by atoms with van der Waals surface area (Å²) in [7, 11) is 0. The number of rotatable bonds is 5. The second-order valence-electron chi connectivity index (χ2n) is 3.91. The average molecular weight is 313 g/mol. The molecule has 0 saturated carbocycles. The lowest BCUT2D eigenvalue weighted by Gasteiger charge is -2.07. The maximum atomic E-state index is 13.3. The molecule has 1 heterocycles. The summed E-state index contributed by atoms with van der Waals surface area (Å²) >= 11 is 0.952. The zero-order valence-corrected chi connectivity index (χ0v) is 11.2. The Balaban J connectivity index is 1.92. The van der Waals surface area contributed by atoms with E-state index in [9.17, 15) is 18.4 Å². The molecule has 1 aromatic carbocycles. The van der Waals surface area contributed by atoms with E-state index in [2.05, 4.69) is 5.32 Å². The number of aromatic carboxylic acids is 1. The molecule has 0 radical (unpaired) electrons. The van der Waals surface area contributed by atoms with Crippen LogP contribution < -0.4 is 10.1 Å². The number of anilines is 1. The Morgan fingerprint density at radius 2 is 2.05 bits per heavy atom. The zero-order chi connectivity index (χ0) is 15.4. The van der Waals surface area contributed by atoms with Crippen molar-refractivity contribution in [2.75, 3.05) is 11.9 Å². The van der Waals surface area contributed by atoms with Crippen molar-refractivity contribution in [1.29, 1.82) is 0 Å². The normalized spacial score (nSPS) is 10.2. The van der Waals surface area contributed by atoms with Gasteiger partial charge in [0.15, 0.2) is 6.61 Å². The van der Waals surface area contributed by atoms with Crippen molar-refractivity contribution in [2.24, 2.45) is 0 Å². The first-order valence-corrected chi connectivity index (χ1v) is 6.53. The maximum absolute atomic E-state index is 13.3. The standard InChI is InChI=1S/C13H9F2NO4S/c14-7-1-2-9(15)10(3-7)16-12(17)5-20-8-4-11(13(18)19)21-6-8/h1-4,6H,5H2,(H,16,17)(H,18,19). The lowest BCUT2D eigenvalue weighted by atomic mass is 10.3. The number of carboxylic acid groups (broad SMARTS) is 1. The third-order valence-electron chi connectivity index (χ3n) is 2.36. The van der Waals surface area contributed by atoms with Crippen LogP contribution in [0.1, 0.15) is 9.67 Å². The van der Waals surface area contributed by atoms with Gasteiger partial charge in [-0.2, -0.15) is 0 Å². The van der Waals surface area contributed by atoms with E-state index in [0.29, 0.717) is 0 Å². The van der Waals surface area contributed by atoms with Crippen LogP contribution in [-0.4, -0.2) is 23.6 Å². The van der Waals surface area contributed by atoms with Crippen molar-refractivity contribution >= 4 is 28.9 Å². The summed E-state index contributed by atoms with van der Waals surface area (Å²) in [4.78, 5) is 22.3. The molecule has 0 aliphatic rings. The molecule has 8 heteroatoms. The van der Waals surface area contributed by atoms with Gasteiger partial charge in [0.05, 0.1) is 5.69 Å². The van der Waals surface area contributed by atoms with Gasteiger partial charge in [0, 0.05) is 17.5 Å². The van der Waals surface area contributed by atoms with E-state index in [1.54, 1.807) is 0 Å². The summed E-state index contributed by atoms with van der Waals surface area (Å²) in [5.74, 6) is -3.03. The van der Waals surface area contributed by atoms with Crippen LogP contribution >= 0.6 is 11.3 Å². The van der Waals surface area contributed by atoms with Gasteiger partial charge in [0.1, 0.15) is 22.3 Å². The molecule has 2 rings (SSSR count). The highest BCUT2D eigenvalue weighted by Crippen LogP contribution is 2.21. The number of carbonyl (C=O) groups is 2. The minimum Gasteiger partial charge on any atom is -0.483 e. The van der Waals surface area contributed by atoms with Crippen LogP contribution in [-0.2, 0) is 4.79 Å². The molecule has 1 aromatic heterocycles. The third-order valence-corrected chi connectivity index (χ3v) is 3.26. The van der Waals surface area contributed by atoms with E-state index in [1.165, 1.54) is 11.4 Å². The topological polar surface area (TPSA) is 75.6 Å². The fraction of sp³-hybridized carbons (Fsp3) is 0.0769. The Bertz CT molecular complexity index is 687. The first kappa shape index (κ1) is 14.9. The summed E-state index contributed by atoms with van der Waals surface area (Å²) < 4.78 is 31.3. The summed E-state index contributed by atoms with van der Waals surface area (Å²) in [5.41, 5.74) is -0.292. The smallest absolute Gasteiger partial charge is 0.346 e. The number of hydrogen-bond donors (Lipinski definition) is 2. The molecule has 0 unspecified atom stereocenters. The van der Waals surface area contributed by atoms with Crippen LogP contribution in [0.15, 0.2) is 29.6 Å². The van der Waals surface area contributed by atoms with Gasteiger partial charge in [-0.05, 0) is 12.1 Å². The van der Waals surface area contributed by atoms with E-state index in [-0.39, 0.29) is 16.3 Å². The highest BCUT2D eigenvalue weighted by Gasteiger charge is 2.11. The van der Waals surface area contributed by atoms with Crippen molar-refractivity contribution in [3.63, 3.8) is 0 Å². The molecular weight excluding hydrogens is 304 g/mol. The highest BCUT2D eigenvalue weighted by atomic mass is 32.1. The van der Waals surface area contributed by atoms with Crippen LogP contribution in [0, 0.1) is 11.6 Å². The molecule has 0 aliphatic carbocycles. The summed E-state index contributed by atoms with van der Waals surface area (Å²) in [6.45, 7) is -0.453. The second kappa shape index (κ2) is 6.31. The average Bonchev–Trinajstić information content (AvgIpc) is 2.90. The minimum absolute atomic E-state index is 0.0709. The largest absolute Gasteiger partial charge is 0.483 e. The van der Waals surface area contributed by atoms with Crippen molar-refractivity contribution in [2.45, 2.75) is 0 Å². The molecule has 0 atom stereocenters. The summed E-state index contributed by atoms with van der Waals surface area (Å²) in [5, 5.41) is 12.3. The Kier molecular flexibility index (Phi) is 4.49. The summed E-state index contributed by atoms with van der Waals surface area (Å²) in [6.07, 6.45) is 0. The number of thiophene rings is 1. The SMILES string of the molecule is O=C(COc1csc(C(=O)O)c1)Nc1cc(F)ccc1F. The van der Waals surface area contributed by atoms with E-state index < -0.39 is 30.1 Å². The molecule has 0 spiro atoms. The van der Waals surface area contributed by atoms with Crippen LogP contribution in [0.5, 0.6) is 5.75 Å². The Morgan fingerprint density at radius 1 is 1.29 bits per heavy atom. The number of nitrogens with one attached hydrogen (secondary N) is 1. The Hall–Kier alpha value is -2.48. The van der Waals surface area contributed by atoms with Crippen LogP contribution in [0.3, 0.4) is 0 Å². The predicted octanol–water partition coefficient (Wildman–Crippen LogP) is 2.74. The maximum Gasteiger partial charge on any atom is 0.346 e. The molecule has 0 fully saturated rings. The second-order valence-corrected chi connectivity index (χ2v) is 4.82. The van der Waals surface area contributed by atoms with Gasteiger partial charge in [-0.3, -0.25) is 4.79 Å². The molecule has 110 valence electrons. The molecule has 0 saturated heterocycles. The van der Waals surface area contributed by atoms with E-state index in [1.807, 2.05) is 0 Å². The fourth-order valence-electron chi connectivity index (χ4n) is 1.44. The number of ether oxygens (including phenoxy) is 1. The van der Waals surface area contributed by atoms with Crippen LogP contribution in [0.4, 0.5) is 14.5 Å². The van der Waals surface area contributed by atoms with Crippen molar-refractivity contribution < 1.29 is 28.2 Å². The first-order valence-electron chi connectivity index (χ1n) is 5.65. The molecular formula is C13H9F2NO4S. The first-order chi connectivity index (χ1) is 9.95. The lowest BCUT2D eigenvalue weighted by molar-refractivity contribution is -0.118. The fourth-order valence-corrected chi connectivity index (χ4v) is 2.10. The van der Waals surface area contributed by atoms with Gasteiger partial charge in [0.2, 0.25) is 0 Å². The van der Waals surface area contributed by atoms with Gasteiger partial charge in [-0.15, -0.1) is 11.3 Å². The van der Waals surface area contributed by atoms with Gasteiger partial charge in [-0.1, -0.05) is 0 Å². The third kappa shape index (κ3) is 3.99. The molecule has 21 heavy (non-hydrogen) atoms. The minimum atomic E-state index is -1.10. The molecule has 0 bridgehead atoms. The van der Waals surface area contributed by atoms with E-state index >= 15 is 0 Å². The number of halogens is 2. The van der Waals surface area contributed by atoms with Crippen molar-refractivity contribution in [1.82, 2.24) is 0 Å². The van der Waals surface area contributed by atoms with Gasteiger partial charge < -0.3 is 15.2 Å². The van der Waals surface area contributed by atoms with E-state index in [4.69, 9.17) is 9.84 Å².